The lowest BCUT2D eigenvalue weighted by molar-refractivity contribution is 0.0697. The zero-order valence-electron chi connectivity index (χ0n) is 13.5. The highest BCUT2D eigenvalue weighted by atomic mass is 16.5. The van der Waals surface area contributed by atoms with Gasteiger partial charge in [0.05, 0.1) is 36.7 Å². The van der Waals surface area contributed by atoms with Gasteiger partial charge < -0.3 is 19.1 Å². The van der Waals surface area contributed by atoms with Crippen molar-refractivity contribution in [2.24, 2.45) is 7.05 Å². The van der Waals surface area contributed by atoms with Crippen molar-refractivity contribution in [1.82, 2.24) is 14.5 Å². The summed E-state index contributed by atoms with van der Waals surface area (Å²) in [4.78, 5) is 6.48. The Morgan fingerprint density at radius 3 is 2.55 bits per heavy atom. The lowest BCUT2D eigenvalue weighted by atomic mass is 10.1. The van der Waals surface area contributed by atoms with Crippen LogP contribution in [0.4, 0.5) is 0 Å². The van der Waals surface area contributed by atoms with Crippen molar-refractivity contribution in [3.05, 3.63) is 30.1 Å². The van der Waals surface area contributed by atoms with E-state index in [0.29, 0.717) is 19.8 Å². The lowest BCUT2D eigenvalue weighted by Gasteiger charge is -2.24. The molecule has 1 N–H and O–H groups in total. The summed E-state index contributed by atoms with van der Waals surface area (Å²) in [6, 6.07) is 5.90. The van der Waals surface area contributed by atoms with Crippen LogP contribution in [0.25, 0.3) is 11.0 Å². The van der Waals surface area contributed by atoms with Crippen LogP contribution in [0.1, 0.15) is 11.7 Å². The Morgan fingerprint density at radius 2 is 1.91 bits per heavy atom. The molecular weight excluding hydrogens is 282 g/mol. The normalized spacial score (nSPS) is 13.1. The maximum Gasteiger partial charge on any atom is 0.0955 e. The minimum absolute atomic E-state index is 0.547. The summed E-state index contributed by atoms with van der Waals surface area (Å²) >= 11 is 0. The molecule has 0 saturated heterocycles. The molecule has 0 amide bonds. The standard InChI is InChI=1S/C16H25N3O3/c1-18-12-17-14-10-13(4-5-15(14)18)16(20)11-19(6-8-21-2)7-9-22-3/h4-5,10,12,16,20H,6-9,11H2,1-3H3. The molecule has 0 aliphatic rings. The third-order valence-electron chi connectivity index (χ3n) is 3.79. The summed E-state index contributed by atoms with van der Waals surface area (Å²) in [5.74, 6) is 0. The molecule has 0 aliphatic heterocycles. The number of imidazole rings is 1. The maximum atomic E-state index is 10.5. The Labute approximate surface area is 131 Å². The number of methoxy groups -OCH3 is 2. The molecule has 1 heterocycles. The van der Waals surface area contributed by atoms with Crippen molar-refractivity contribution < 1.29 is 14.6 Å². The fourth-order valence-electron chi connectivity index (χ4n) is 2.45. The summed E-state index contributed by atoms with van der Waals surface area (Å²) < 4.78 is 12.2. The monoisotopic (exact) mass is 307 g/mol. The second-order valence-corrected chi connectivity index (χ2v) is 5.41. The van der Waals surface area contributed by atoms with Gasteiger partial charge in [0.2, 0.25) is 0 Å². The van der Waals surface area contributed by atoms with Gasteiger partial charge in [-0.15, -0.1) is 0 Å². The third-order valence-corrected chi connectivity index (χ3v) is 3.79. The van der Waals surface area contributed by atoms with Gasteiger partial charge in [-0.1, -0.05) is 6.07 Å². The zero-order valence-corrected chi connectivity index (χ0v) is 13.5. The van der Waals surface area contributed by atoms with Crippen molar-refractivity contribution in [3.8, 4) is 0 Å². The van der Waals surface area contributed by atoms with Crippen LogP contribution in [0.15, 0.2) is 24.5 Å². The van der Waals surface area contributed by atoms with E-state index in [1.165, 1.54) is 0 Å². The number of rotatable bonds is 9. The second-order valence-electron chi connectivity index (χ2n) is 5.41. The molecule has 0 spiro atoms. The number of aromatic nitrogens is 2. The summed E-state index contributed by atoms with van der Waals surface area (Å²) in [5.41, 5.74) is 2.84. The van der Waals surface area contributed by atoms with E-state index in [1.54, 1.807) is 20.5 Å². The topological polar surface area (TPSA) is 59.8 Å². The van der Waals surface area contributed by atoms with Crippen LogP contribution in [-0.4, -0.2) is 66.6 Å². The maximum absolute atomic E-state index is 10.5. The minimum atomic E-state index is -0.555. The van der Waals surface area contributed by atoms with Crippen molar-refractivity contribution in [3.63, 3.8) is 0 Å². The Hall–Kier alpha value is -1.47. The first-order chi connectivity index (χ1) is 10.7. The van der Waals surface area contributed by atoms with Crippen LogP contribution >= 0.6 is 0 Å². The third kappa shape index (κ3) is 4.27. The Morgan fingerprint density at radius 1 is 1.23 bits per heavy atom. The second kappa shape index (κ2) is 8.24. The summed E-state index contributed by atoms with van der Waals surface area (Å²) in [5, 5.41) is 10.5. The van der Waals surface area contributed by atoms with Crippen molar-refractivity contribution in [1.29, 1.82) is 0 Å². The van der Waals surface area contributed by atoms with E-state index in [4.69, 9.17) is 9.47 Å². The van der Waals surface area contributed by atoms with Crippen LogP contribution in [0.5, 0.6) is 0 Å². The number of ether oxygens (including phenoxy) is 2. The summed E-state index contributed by atoms with van der Waals surface area (Å²) in [6.45, 7) is 3.35. The predicted molar refractivity (Wildman–Crippen MR) is 85.9 cm³/mol. The van der Waals surface area contributed by atoms with Crippen LogP contribution < -0.4 is 0 Å². The van der Waals surface area contributed by atoms with Gasteiger partial charge in [0.15, 0.2) is 0 Å². The number of hydrogen-bond acceptors (Lipinski definition) is 5. The molecule has 2 rings (SSSR count). The van der Waals surface area contributed by atoms with Gasteiger partial charge in [0.25, 0.3) is 0 Å². The summed E-state index contributed by atoms with van der Waals surface area (Å²) in [7, 11) is 5.32. The van der Waals surface area contributed by atoms with Crippen LogP contribution in [0.3, 0.4) is 0 Å². The Kier molecular flexibility index (Phi) is 6.33. The largest absolute Gasteiger partial charge is 0.387 e. The van der Waals surface area contributed by atoms with Gasteiger partial charge in [-0.25, -0.2) is 4.98 Å². The highest BCUT2D eigenvalue weighted by molar-refractivity contribution is 5.76. The quantitative estimate of drug-likeness (QED) is 0.754. The molecule has 0 radical (unpaired) electrons. The number of hydrogen-bond donors (Lipinski definition) is 1. The zero-order chi connectivity index (χ0) is 15.9. The lowest BCUT2D eigenvalue weighted by Crippen LogP contribution is -2.34. The molecule has 1 aromatic carbocycles. The Bertz CT molecular complexity index is 577. The average Bonchev–Trinajstić information content (AvgIpc) is 2.90. The van der Waals surface area contributed by atoms with Gasteiger partial charge in [0.1, 0.15) is 0 Å². The molecule has 1 unspecified atom stereocenters. The molecule has 22 heavy (non-hydrogen) atoms. The molecule has 0 saturated carbocycles. The van der Waals surface area contributed by atoms with E-state index in [0.717, 1.165) is 29.7 Å². The minimum Gasteiger partial charge on any atom is -0.387 e. The summed E-state index contributed by atoms with van der Waals surface area (Å²) in [6.07, 6.45) is 1.23. The van der Waals surface area contributed by atoms with Crippen LogP contribution in [0.2, 0.25) is 0 Å². The first-order valence-corrected chi connectivity index (χ1v) is 7.45. The van der Waals surface area contributed by atoms with Gasteiger partial charge in [-0.05, 0) is 17.7 Å². The first kappa shape index (κ1) is 16.9. The van der Waals surface area contributed by atoms with Gasteiger partial charge >= 0.3 is 0 Å². The van der Waals surface area contributed by atoms with Crippen molar-refractivity contribution in [2.45, 2.75) is 6.10 Å². The molecular formula is C16H25N3O3. The molecule has 2 aromatic rings. The van der Waals surface area contributed by atoms with E-state index in [-0.39, 0.29) is 0 Å². The van der Waals surface area contributed by atoms with E-state index in [1.807, 2.05) is 29.8 Å². The fourth-order valence-corrected chi connectivity index (χ4v) is 2.45. The highest BCUT2D eigenvalue weighted by Gasteiger charge is 2.14. The van der Waals surface area contributed by atoms with Crippen LogP contribution in [0, 0.1) is 0 Å². The molecule has 122 valence electrons. The van der Waals surface area contributed by atoms with Gasteiger partial charge in [-0.2, -0.15) is 0 Å². The van der Waals surface area contributed by atoms with Gasteiger partial charge in [0, 0.05) is 40.9 Å². The number of nitrogens with zero attached hydrogens (tertiary/aromatic N) is 3. The average molecular weight is 307 g/mol. The molecule has 0 fully saturated rings. The first-order valence-electron chi connectivity index (χ1n) is 7.45. The van der Waals surface area contributed by atoms with E-state index >= 15 is 0 Å². The molecule has 0 bridgehead atoms. The molecule has 0 aliphatic carbocycles. The van der Waals surface area contributed by atoms with Gasteiger partial charge in [-0.3, -0.25) is 4.90 Å². The van der Waals surface area contributed by atoms with Crippen molar-refractivity contribution in [2.75, 3.05) is 47.1 Å². The molecule has 6 nitrogen and oxygen atoms in total. The van der Waals surface area contributed by atoms with E-state index < -0.39 is 6.10 Å². The fraction of sp³-hybridized carbons (Fsp3) is 0.562. The Balaban J connectivity index is 2.04. The number of fused-ring (bicyclic) bond motifs is 1. The smallest absolute Gasteiger partial charge is 0.0955 e. The number of benzene rings is 1. The molecule has 1 atom stereocenters. The predicted octanol–water partition coefficient (Wildman–Crippen LogP) is 1.20. The van der Waals surface area contributed by atoms with E-state index in [9.17, 15) is 5.11 Å². The molecule has 6 heteroatoms. The SMILES string of the molecule is COCCN(CCOC)CC(O)c1ccc2c(c1)ncn2C. The van der Waals surface area contributed by atoms with E-state index in [2.05, 4.69) is 9.88 Å². The number of aryl methyl sites for hydroxylation is 1. The highest BCUT2D eigenvalue weighted by Crippen LogP contribution is 2.20. The number of aliphatic hydroxyl groups excluding tert-OH is 1. The molecule has 1 aromatic heterocycles. The van der Waals surface area contributed by atoms with Crippen molar-refractivity contribution >= 4 is 11.0 Å². The number of aliphatic hydroxyl groups is 1. The van der Waals surface area contributed by atoms with Crippen LogP contribution in [-0.2, 0) is 16.5 Å².